The molecule has 0 aliphatic heterocycles. The van der Waals surface area contributed by atoms with Crippen molar-refractivity contribution in [3.05, 3.63) is 63.7 Å². The minimum absolute atomic E-state index is 0.0437. The van der Waals surface area contributed by atoms with Crippen LogP contribution in [0, 0.1) is 17.0 Å². The Bertz CT molecular complexity index is 855. The van der Waals surface area contributed by atoms with Crippen LogP contribution in [0.5, 0.6) is 0 Å². The predicted molar refractivity (Wildman–Crippen MR) is 97.0 cm³/mol. The number of hydrogen-bond acceptors (Lipinski definition) is 6. The third-order valence-electron chi connectivity index (χ3n) is 3.57. The van der Waals surface area contributed by atoms with E-state index in [-0.39, 0.29) is 17.0 Å². The Morgan fingerprint density at radius 1 is 1.23 bits per heavy atom. The number of nitrogens with zero attached hydrogens (tertiary/aromatic N) is 1. The maximum absolute atomic E-state index is 11.5. The van der Waals surface area contributed by atoms with E-state index in [1.54, 1.807) is 0 Å². The summed E-state index contributed by atoms with van der Waals surface area (Å²) in [4.78, 5) is 33.9. The molecule has 9 heteroatoms. The van der Waals surface area contributed by atoms with Gasteiger partial charge in [-0.25, -0.2) is 9.59 Å². The van der Waals surface area contributed by atoms with Crippen molar-refractivity contribution in [3.63, 3.8) is 0 Å². The first-order chi connectivity index (χ1) is 12.3. The van der Waals surface area contributed by atoms with Crippen LogP contribution in [0.25, 0.3) is 0 Å². The van der Waals surface area contributed by atoms with Gasteiger partial charge in [0.15, 0.2) is 0 Å². The lowest BCUT2D eigenvalue weighted by Gasteiger charge is -2.16. The van der Waals surface area contributed by atoms with E-state index in [0.29, 0.717) is 0 Å². The van der Waals surface area contributed by atoms with Crippen LogP contribution in [0.3, 0.4) is 0 Å². The Kier molecular flexibility index (Phi) is 6.18. The molecule has 0 saturated carbocycles. The van der Waals surface area contributed by atoms with Crippen molar-refractivity contribution in [2.75, 3.05) is 11.1 Å². The molecule has 0 aliphatic rings. The number of carboxylic acid groups (broad SMARTS) is 2. The number of aryl methyl sites for hydroxylation is 1. The molecule has 2 aromatic carbocycles. The number of nitro groups is 1. The highest BCUT2D eigenvalue weighted by Crippen LogP contribution is 2.28. The lowest BCUT2D eigenvalue weighted by Crippen LogP contribution is -2.32. The second-order valence-electron chi connectivity index (χ2n) is 5.41. The van der Waals surface area contributed by atoms with Gasteiger partial charge in [0, 0.05) is 16.7 Å². The molecular formula is C17H16N2O6S. The molecule has 0 spiro atoms. The van der Waals surface area contributed by atoms with Crippen molar-refractivity contribution >= 4 is 35.1 Å². The van der Waals surface area contributed by atoms with Gasteiger partial charge in [-0.2, -0.15) is 0 Å². The van der Waals surface area contributed by atoms with E-state index in [1.165, 1.54) is 23.9 Å². The van der Waals surface area contributed by atoms with Crippen LogP contribution >= 0.6 is 11.8 Å². The van der Waals surface area contributed by atoms with Crippen LogP contribution < -0.4 is 5.32 Å². The van der Waals surface area contributed by atoms with Gasteiger partial charge in [-0.3, -0.25) is 10.1 Å². The molecule has 0 unspecified atom stereocenters. The number of nitro benzene ring substituents is 1. The molecule has 3 N–H and O–H groups in total. The van der Waals surface area contributed by atoms with Crippen molar-refractivity contribution in [1.29, 1.82) is 0 Å². The number of carboxylic acids is 2. The van der Waals surface area contributed by atoms with Gasteiger partial charge >= 0.3 is 11.9 Å². The summed E-state index contributed by atoms with van der Waals surface area (Å²) in [5.74, 6) is -2.33. The van der Waals surface area contributed by atoms with Crippen molar-refractivity contribution in [3.8, 4) is 0 Å². The van der Waals surface area contributed by atoms with Crippen LogP contribution in [0.4, 0.5) is 11.4 Å². The van der Waals surface area contributed by atoms with Gasteiger partial charge in [0.25, 0.3) is 5.69 Å². The molecule has 0 bridgehead atoms. The quantitative estimate of drug-likeness (QED) is 0.364. The number of aromatic carboxylic acids is 1. The molecule has 0 fully saturated rings. The number of hydrogen-bond donors (Lipinski definition) is 3. The Labute approximate surface area is 153 Å². The number of carbonyl (C=O) groups is 2. The van der Waals surface area contributed by atoms with Crippen molar-refractivity contribution in [2.45, 2.75) is 17.9 Å². The summed E-state index contributed by atoms with van der Waals surface area (Å²) >= 11 is 1.32. The molecule has 2 aromatic rings. The molecule has 1 atom stereocenters. The first-order valence-corrected chi connectivity index (χ1v) is 8.47. The smallest absolute Gasteiger partial charge is 0.335 e. The molecule has 26 heavy (non-hydrogen) atoms. The van der Waals surface area contributed by atoms with Crippen molar-refractivity contribution in [2.24, 2.45) is 0 Å². The number of benzene rings is 2. The molecule has 0 aliphatic carbocycles. The van der Waals surface area contributed by atoms with E-state index in [1.807, 2.05) is 31.2 Å². The molecule has 8 nitrogen and oxygen atoms in total. The van der Waals surface area contributed by atoms with Gasteiger partial charge in [-0.1, -0.05) is 18.2 Å². The van der Waals surface area contributed by atoms with Crippen LogP contribution in [0.15, 0.2) is 47.4 Å². The normalized spacial score (nSPS) is 11.6. The molecule has 0 saturated heterocycles. The van der Waals surface area contributed by atoms with Gasteiger partial charge in [-0.15, -0.1) is 11.8 Å². The van der Waals surface area contributed by atoms with Gasteiger partial charge < -0.3 is 15.5 Å². The van der Waals surface area contributed by atoms with E-state index in [2.05, 4.69) is 5.32 Å². The summed E-state index contributed by atoms with van der Waals surface area (Å²) in [5.41, 5.74) is 0.219. The highest BCUT2D eigenvalue weighted by atomic mass is 32.2. The average molecular weight is 376 g/mol. The number of aliphatic carboxylic acids is 1. The zero-order valence-electron chi connectivity index (χ0n) is 13.7. The Morgan fingerprint density at radius 3 is 2.50 bits per heavy atom. The maximum Gasteiger partial charge on any atom is 0.335 e. The van der Waals surface area contributed by atoms with E-state index in [4.69, 9.17) is 5.11 Å². The lowest BCUT2D eigenvalue weighted by molar-refractivity contribution is -0.384. The third-order valence-corrected chi connectivity index (χ3v) is 4.84. The monoisotopic (exact) mass is 376 g/mol. The summed E-state index contributed by atoms with van der Waals surface area (Å²) in [6, 6.07) is 9.69. The van der Waals surface area contributed by atoms with Gasteiger partial charge in [0.1, 0.15) is 11.7 Å². The third kappa shape index (κ3) is 4.73. The van der Waals surface area contributed by atoms with Crippen LogP contribution in [-0.4, -0.2) is 38.9 Å². The minimum Gasteiger partial charge on any atom is -0.480 e. The fraction of sp³-hybridized carbons (Fsp3) is 0.176. The lowest BCUT2D eigenvalue weighted by atomic mass is 10.1. The van der Waals surface area contributed by atoms with E-state index in [9.17, 15) is 24.8 Å². The maximum atomic E-state index is 11.5. The largest absolute Gasteiger partial charge is 0.480 e. The highest BCUT2D eigenvalue weighted by Gasteiger charge is 2.23. The summed E-state index contributed by atoms with van der Waals surface area (Å²) in [6.07, 6.45) is 0. The van der Waals surface area contributed by atoms with Crippen LogP contribution in [0.1, 0.15) is 15.9 Å². The molecular weight excluding hydrogens is 360 g/mol. The molecule has 2 rings (SSSR count). The second kappa shape index (κ2) is 8.34. The topological polar surface area (TPSA) is 130 Å². The van der Waals surface area contributed by atoms with Gasteiger partial charge in [-0.05, 0) is 30.7 Å². The standard InChI is InChI=1S/C17H16N2O6S/c1-10-4-2-3-5-15(10)26-9-13(17(22)23)18-12-7-6-11(16(20)21)8-14(12)19(24)25/h2-8,13,18H,9H2,1H3,(H,20,21)(H,22,23)/t13-/m0/s1. The SMILES string of the molecule is Cc1ccccc1SC[C@H](Nc1ccc(C(=O)O)cc1[N+](=O)[O-])C(=O)O. The fourth-order valence-corrected chi connectivity index (χ4v) is 3.23. The van der Waals surface area contributed by atoms with E-state index in [0.717, 1.165) is 16.5 Å². The van der Waals surface area contributed by atoms with Crippen molar-refractivity contribution < 1.29 is 24.7 Å². The summed E-state index contributed by atoms with van der Waals surface area (Å²) in [7, 11) is 0. The van der Waals surface area contributed by atoms with Crippen LogP contribution in [-0.2, 0) is 4.79 Å². The van der Waals surface area contributed by atoms with Crippen molar-refractivity contribution in [1.82, 2.24) is 0 Å². The zero-order chi connectivity index (χ0) is 19.3. The molecule has 0 heterocycles. The molecule has 0 amide bonds. The minimum atomic E-state index is -1.30. The second-order valence-corrected chi connectivity index (χ2v) is 6.47. The fourth-order valence-electron chi connectivity index (χ4n) is 2.19. The Morgan fingerprint density at radius 2 is 1.92 bits per heavy atom. The van der Waals surface area contributed by atoms with Crippen LogP contribution in [0.2, 0.25) is 0 Å². The number of rotatable bonds is 8. The highest BCUT2D eigenvalue weighted by molar-refractivity contribution is 7.99. The summed E-state index contributed by atoms with van der Waals surface area (Å²) in [6.45, 7) is 1.90. The molecule has 0 radical (unpaired) electrons. The summed E-state index contributed by atoms with van der Waals surface area (Å²) in [5, 5.41) is 32.2. The zero-order valence-corrected chi connectivity index (χ0v) is 14.5. The number of anilines is 1. The summed E-state index contributed by atoms with van der Waals surface area (Å²) < 4.78 is 0. The predicted octanol–water partition coefficient (Wildman–Crippen LogP) is 3.26. The number of nitrogens with one attached hydrogen (secondary N) is 1. The molecule has 0 aromatic heterocycles. The first-order valence-electron chi connectivity index (χ1n) is 7.49. The Hall–Kier alpha value is -3.07. The Balaban J connectivity index is 2.22. The van der Waals surface area contributed by atoms with E-state index >= 15 is 0 Å². The van der Waals surface area contributed by atoms with E-state index < -0.39 is 28.6 Å². The van der Waals surface area contributed by atoms with Gasteiger partial charge in [0.05, 0.1) is 10.5 Å². The molecule has 136 valence electrons. The van der Waals surface area contributed by atoms with Gasteiger partial charge in [0.2, 0.25) is 0 Å². The average Bonchev–Trinajstić information content (AvgIpc) is 2.59. The first kappa shape index (κ1) is 19.3. The number of thioether (sulfide) groups is 1.